The molecule has 1 heterocycles. The van der Waals surface area contributed by atoms with Crippen molar-refractivity contribution in [3.05, 3.63) is 101 Å². The molecule has 4 rings (SSSR count). The average molecular weight is 448 g/mol. The predicted octanol–water partition coefficient (Wildman–Crippen LogP) is 4.53. The van der Waals surface area contributed by atoms with Crippen LogP contribution in [0.2, 0.25) is 0 Å². The second kappa shape index (κ2) is 9.45. The van der Waals surface area contributed by atoms with E-state index in [0.29, 0.717) is 18.4 Å². The molecule has 0 aliphatic carbocycles. The van der Waals surface area contributed by atoms with E-state index >= 15 is 0 Å². The summed E-state index contributed by atoms with van der Waals surface area (Å²) < 4.78 is 19.4. The molecule has 0 bridgehead atoms. The summed E-state index contributed by atoms with van der Waals surface area (Å²) in [7, 11) is 0. The van der Waals surface area contributed by atoms with E-state index in [-0.39, 0.29) is 18.3 Å². The highest BCUT2D eigenvalue weighted by Gasteiger charge is 2.35. The van der Waals surface area contributed by atoms with E-state index in [4.69, 9.17) is 4.74 Å². The van der Waals surface area contributed by atoms with Crippen LogP contribution < -0.4 is 4.74 Å². The number of halogens is 1. The van der Waals surface area contributed by atoms with Gasteiger partial charge in [0.25, 0.3) is 5.91 Å². The lowest BCUT2D eigenvalue weighted by Crippen LogP contribution is -2.37. The first-order chi connectivity index (χ1) is 15.8. The zero-order valence-corrected chi connectivity index (χ0v) is 18.5. The number of hydrogen-bond acceptors (Lipinski definition) is 3. The predicted molar refractivity (Wildman–Crippen MR) is 123 cm³/mol. The Bertz CT molecular complexity index is 1150. The minimum atomic E-state index is -1.08. The Morgan fingerprint density at radius 3 is 2.45 bits per heavy atom. The SMILES string of the molecule is C[C@]1(Cc2ccccc2)Cc2cc(C(=O)N(CCc3ccc(F)cc3)CC(=O)O)ccc2O1. The second-order valence-electron chi connectivity index (χ2n) is 8.71. The van der Waals surface area contributed by atoms with Crippen molar-refractivity contribution in [2.75, 3.05) is 13.1 Å². The van der Waals surface area contributed by atoms with E-state index in [1.807, 2.05) is 18.2 Å². The van der Waals surface area contributed by atoms with Gasteiger partial charge in [0.05, 0.1) is 0 Å². The topological polar surface area (TPSA) is 66.8 Å². The Morgan fingerprint density at radius 2 is 1.76 bits per heavy atom. The molecule has 5 nitrogen and oxygen atoms in total. The van der Waals surface area contributed by atoms with Gasteiger partial charge >= 0.3 is 5.97 Å². The summed E-state index contributed by atoms with van der Waals surface area (Å²) in [5.41, 5.74) is 2.97. The van der Waals surface area contributed by atoms with E-state index in [1.54, 1.807) is 30.3 Å². The van der Waals surface area contributed by atoms with Crippen LogP contribution in [0.25, 0.3) is 0 Å². The summed E-state index contributed by atoms with van der Waals surface area (Å²) in [5.74, 6) is -1.01. The number of rotatable bonds is 8. The van der Waals surface area contributed by atoms with Gasteiger partial charge in [0.2, 0.25) is 0 Å². The van der Waals surface area contributed by atoms with Gasteiger partial charge in [-0.15, -0.1) is 0 Å². The molecule has 0 spiro atoms. The first-order valence-electron chi connectivity index (χ1n) is 10.9. The second-order valence-corrected chi connectivity index (χ2v) is 8.71. The molecular formula is C27H26FNO4. The summed E-state index contributed by atoms with van der Waals surface area (Å²) in [5, 5.41) is 9.31. The van der Waals surface area contributed by atoms with Gasteiger partial charge in [-0.2, -0.15) is 0 Å². The van der Waals surface area contributed by atoms with Crippen LogP contribution in [0.1, 0.15) is 34.0 Å². The number of fused-ring (bicyclic) bond motifs is 1. The number of amides is 1. The fourth-order valence-electron chi connectivity index (χ4n) is 4.29. The maximum Gasteiger partial charge on any atom is 0.323 e. The van der Waals surface area contributed by atoms with E-state index in [2.05, 4.69) is 19.1 Å². The lowest BCUT2D eigenvalue weighted by Gasteiger charge is -2.24. The number of hydrogen-bond donors (Lipinski definition) is 1. The fraction of sp³-hybridized carbons (Fsp3) is 0.259. The van der Waals surface area contributed by atoms with Crippen molar-refractivity contribution in [1.82, 2.24) is 4.90 Å². The molecule has 3 aromatic rings. The van der Waals surface area contributed by atoms with Gasteiger partial charge in [-0.25, -0.2) is 4.39 Å². The molecule has 1 aliphatic heterocycles. The molecule has 1 aliphatic rings. The van der Waals surface area contributed by atoms with Crippen LogP contribution >= 0.6 is 0 Å². The molecule has 1 amide bonds. The number of nitrogens with zero attached hydrogens (tertiary/aromatic N) is 1. The average Bonchev–Trinajstić information content (AvgIpc) is 3.12. The third-order valence-electron chi connectivity index (χ3n) is 5.85. The number of carbonyl (C=O) groups is 2. The van der Waals surface area contributed by atoms with Gasteiger partial charge in [0.15, 0.2) is 0 Å². The Labute approximate surface area is 192 Å². The first kappa shape index (κ1) is 22.5. The Hall–Kier alpha value is -3.67. The number of carboxylic acid groups (broad SMARTS) is 1. The Kier molecular flexibility index (Phi) is 6.45. The number of carbonyl (C=O) groups excluding carboxylic acids is 1. The molecular weight excluding hydrogens is 421 g/mol. The molecule has 0 saturated heterocycles. The number of benzene rings is 3. The molecule has 1 N–H and O–H groups in total. The Morgan fingerprint density at radius 1 is 1.03 bits per heavy atom. The third kappa shape index (κ3) is 5.58. The van der Waals surface area contributed by atoms with E-state index < -0.39 is 18.1 Å². The van der Waals surface area contributed by atoms with Crippen molar-refractivity contribution in [2.45, 2.75) is 31.8 Å². The van der Waals surface area contributed by atoms with Crippen LogP contribution in [0, 0.1) is 5.82 Å². The molecule has 0 fully saturated rings. The van der Waals surface area contributed by atoms with Crippen molar-refractivity contribution in [3.8, 4) is 5.75 Å². The van der Waals surface area contributed by atoms with Gasteiger partial charge in [-0.05, 0) is 60.4 Å². The lowest BCUT2D eigenvalue weighted by molar-refractivity contribution is -0.137. The molecule has 3 aromatic carbocycles. The van der Waals surface area contributed by atoms with E-state index in [9.17, 15) is 19.1 Å². The molecule has 170 valence electrons. The van der Waals surface area contributed by atoms with Gasteiger partial charge in [-0.1, -0.05) is 42.5 Å². The highest BCUT2D eigenvalue weighted by atomic mass is 19.1. The summed E-state index contributed by atoms with van der Waals surface area (Å²) in [6.07, 6.45) is 1.84. The zero-order chi connectivity index (χ0) is 23.4. The fourth-order valence-corrected chi connectivity index (χ4v) is 4.29. The van der Waals surface area contributed by atoms with Crippen LogP contribution in [-0.2, 0) is 24.1 Å². The van der Waals surface area contributed by atoms with Gasteiger partial charge < -0.3 is 14.7 Å². The number of carboxylic acids is 1. The Balaban J connectivity index is 1.48. The van der Waals surface area contributed by atoms with Gasteiger partial charge in [-0.3, -0.25) is 9.59 Å². The molecule has 0 radical (unpaired) electrons. The minimum absolute atomic E-state index is 0.218. The van der Waals surface area contributed by atoms with Crippen molar-refractivity contribution in [2.24, 2.45) is 0 Å². The third-order valence-corrected chi connectivity index (χ3v) is 5.85. The zero-order valence-electron chi connectivity index (χ0n) is 18.5. The molecule has 1 atom stereocenters. The molecule has 33 heavy (non-hydrogen) atoms. The van der Waals surface area contributed by atoms with Crippen LogP contribution in [0.3, 0.4) is 0 Å². The first-order valence-corrected chi connectivity index (χ1v) is 10.9. The van der Waals surface area contributed by atoms with Crippen LogP contribution in [0.15, 0.2) is 72.8 Å². The van der Waals surface area contributed by atoms with Crippen LogP contribution in [0.5, 0.6) is 5.75 Å². The summed E-state index contributed by atoms with van der Waals surface area (Å²) in [4.78, 5) is 25.9. The normalized spacial score (nSPS) is 16.7. The summed E-state index contributed by atoms with van der Waals surface area (Å²) >= 11 is 0. The standard InChI is InChI=1S/C27H26FNO4/c1-27(16-20-5-3-2-4-6-20)17-22-15-21(9-12-24(22)33-27)26(32)29(18-25(30)31)14-13-19-7-10-23(28)11-8-19/h2-12,15H,13-14,16-18H2,1H3,(H,30,31)/t27-/m0/s1. The smallest absolute Gasteiger partial charge is 0.323 e. The molecule has 6 heteroatoms. The number of ether oxygens (including phenoxy) is 1. The van der Waals surface area contributed by atoms with Crippen molar-refractivity contribution >= 4 is 11.9 Å². The molecule has 0 unspecified atom stereocenters. The van der Waals surface area contributed by atoms with Gasteiger partial charge in [0, 0.05) is 24.9 Å². The highest BCUT2D eigenvalue weighted by Crippen LogP contribution is 2.37. The molecule has 0 saturated carbocycles. The van der Waals surface area contributed by atoms with Crippen LogP contribution in [0.4, 0.5) is 4.39 Å². The van der Waals surface area contributed by atoms with Gasteiger partial charge in [0.1, 0.15) is 23.7 Å². The minimum Gasteiger partial charge on any atom is -0.487 e. The summed E-state index contributed by atoms with van der Waals surface area (Å²) in [6, 6.07) is 21.4. The molecule has 0 aromatic heterocycles. The monoisotopic (exact) mass is 447 g/mol. The van der Waals surface area contributed by atoms with Crippen LogP contribution in [-0.4, -0.2) is 40.6 Å². The number of aliphatic carboxylic acids is 1. The lowest BCUT2D eigenvalue weighted by atomic mass is 9.91. The van der Waals surface area contributed by atoms with Crippen molar-refractivity contribution in [3.63, 3.8) is 0 Å². The van der Waals surface area contributed by atoms with E-state index in [1.165, 1.54) is 22.6 Å². The van der Waals surface area contributed by atoms with Crippen molar-refractivity contribution < 1.29 is 23.8 Å². The maximum atomic E-state index is 13.2. The van der Waals surface area contributed by atoms with E-state index in [0.717, 1.165) is 23.3 Å². The highest BCUT2D eigenvalue weighted by molar-refractivity contribution is 5.96. The largest absolute Gasteiger partial charge is 0.487 e. The maximum absolute atomic E-state index is 13.2. The quantitative estimate of drug-likeness (QED) is 0.551. The summed E-state index contributed by atoms with van der Waals surface area (Å²) in [6.45, 7) is 1.87. The van der Waals surface area contributed by atoms with Crippen molar-refractivity contribution in [1.29, 1.82) is 0 Å².